The van der Waals surface area contributed by atoms with Crippen LogP contribution in [0, 0.1) is 0 Å². The number of rotatable bonds is 2. The van der Waals surface area contributed by atoms with Crippen LogP contribution in [0.3, 0.4) is 0 Å². The summed E-state index contributed by atoms with van der Waals surface area (Å²) >= 11 is 11.8. The van der Waals surface area contributed by atoms with Gasteiger partial charge in [-0.1, -0.05) is 55.2 Å². The first-order valence-corrected chi connectivity index (χ1v) is 6.59. The molecular weight excluding hydrogens is 285 g/mol. The molecule has 1 atom stereocenters. The highest BCUT2D eigenvalue weighted by molar-refractivity contribution is 6.42. The number of nitrogens with two attached hydrogens (primary N) is 1. The third-order valence-electron chi connectivity index (χ3n) is 2.66. The third-order valence-corrected chi connectivity index (χ3v) is 3.40. The van der Waals surface area contributed by atoms with E-state index in [0.717, 1.165) is 5.56 Å². The average molecular weight is 300 g/mol. The number of halogens is 2. The van der Waals surface area contributed by atoms with Gasteiger partial charge in [-0.05, 0) is 17.7 Å². The highest BCUT2D eigenvalue weighted by atomic mass is 35.5. The second-order valence-corrected chi connectivity index (χ2v) is 6.17. The molecule has 0 spiro atoms. The lowest BCUT2D eigenvalue weighted by atomic mass is 9.97. The van der Waals surface area contributed by atoms with Crippen molar-refractivity contribution in [3.63, 3.8) is 0 Å². The van der Waals surface area contributed by atoms with Gasteiger partial charge in [0.15, 0.2) is 5.82 Å². The smallest absolute Gasteiger partial charge is 0.232 e. The molecule has 2 aromatic rings. The molecule has 0 amide bonds. The fourth-order valence-corrected chi connectivity index (χ4v) is 1.83. The highest BCUT2D eigenvalue weighted by Gasteiger charge is 2.24. The van der Waals surface area contributed by atoms with Gasteiger partial charge >= 0.3 is 0 Å². The maximum atomic E-state index is 6.11. The van der Waals surface area contributed by atoms with Crippen LogP contribution in [0.2, 0.25) is 10.0 Å². The van der Waals surface area contributed by atoms with E-state index in [1.165, 1.54) is 0 Å². The maximum Gasteiger partial charge on any atom is 0.232 e. The van der Waals surface area contributed by atoms with Crippen molar-refractivity contribution in [2.45, 2.75) is 32.2 Å². The van der Waals surface area contributed by atoms with Crippen LogP contribution in [0.25, 0.3) is 0 Å². The molecule has 0 saturated heterocycles. The molecule has 0 aliphatic heterocycles. The van der Waals surface area contributed by atoms with Crippen molar-refractivity contribution in [2.24, 2.45) is 5.73 Å². The molecule has 0 bridgehead atoms. The van der Waals surface area contributed by atoms with Gasteiger partial charge in [0.05, 0.1) is 16.1 Å². The summed E-state index contributed by atoms with van der Waals surface area (Å²) < 4.78 is 5.23. The first-order chi connectivity index (χ1) is 8.79. The minimum Gasteiger partial charge on any atom is -0.339 e. The van der Waals surface area contributed by atoms with Gasteiger partial charge in [-0.3, -0.25) is 0 Å². The zero-order valence-corrected chi connectivity index (χ0v) is 12.5. The van der Waals surface area contributed by atoms with E-state index in [4.69, 9.17) is 33.5 Å². The van der Waals surface area contributed by atoms with Crippen LogP contribution in [0.5, 0.6) is 0 Å². The molecule has 2 rings (SSSR count). The minimum atomic E-state index is -0.491. The molecule has 6 heteroatoms. The average Bonchev–Trinajstić information content (AvgIpc) is 2.81. The monoisotopic (exact) mass is 299 g/mol. The van der Waals surface area contributed by atoms with Gasteiger partial charge in [0.2, 0.25) is 5.89 Å². The molecule has 1 aromatic carbocycles. The predicted molar refractivity (Wildman–Crippen MR) is 75.5 cm³/mol. The van der Waals surface area contributed by atoms with Gasteiger partial charge in [-0.25, -0.2) is 0 Å². The fraction of sp³-hybridized carbons (Fsp3) is 0.385. The van der Waals surface area contributed by atoms with E-state index in [1.807, 2.05) is 20.8 Å². The van der Waals surface area contributed by atoms with Gasteiger partial charge in [0, 0.05) is 5.41 Å². The normalized spacial score (nSPS) is 13.6. The first-order valence-electron chi connectivity index (χ1n) is 5.83. The predicted octanol–water partition coefficient (Wildman–Crippen LogP) is 3.72. The van der Waals surface area contributed by atoms with E-state index >= 15 is 0 Å². The molecule has 4 nitrogen and oxygen atoms in total. The SMILES string of the molecule is CC(C)(C)c1nc(C(N)c2ccc(Cl)c(Cl)c2)no1. The maximum absolute atomic E-state index is 6.11. The lowest BCUT2D eigenvalue weighted by Crippen LogP contribution is -2.15. The van der Waals surface area contributed by atoms with Gasteiger partial charge in [-0.2, -0.15) is 4.98 Å². The largest absolute Gasteiger partial charge is 0.339 e. The van der Waals surface area contributed by atoms with E-state index < -0.39 is 6.04 Å². The van der Waals surface area contributed by atoms with E-state index in [2.05, 4.69) is 10.1 Å². The second kappa shape index (κ2) is 5.12. The number of aromatic nitrogens is 2. The molecular formula is C13H15Cl2N3O. The Bertz CT molecular complexity index is 590. The number of benzene rings is 1. The zero-order chi connectivity index (χ0) is 14.2. The molecule has 0 fully saturated rings. The minimum absolute atomic E-state index is 0.206. The Balaban J connectivity index is 2.31. The quantitative estimate of drug-likeness (QED) is 0.918. The van der Waals surface area contributed by atoms with Crippen LogP contribution in [-0.2, 0) is 5.41 Å². The molecule has 0 aliphatic carbocycles. The van der Waals surface area contributed by atoms with E-state index in [-0.39, 0.29) is 5.41 Å². The summed E-state index contributed by atoms with van der Waals surface area (Å²) in [7, 11) is 0. The summed E-state index contributed by atoms with van der Waals surface area (Å²) in [5, 5.41) is 4.86. The summed E-state index contributed by atoms with van der Waals surface area (Å²) in [4.78, 5) is 4.33. The van der Waals surface area contributed by atoms with Crippen LogP contribution < -0.4 is 5.73 Å². The Labute approximate surface area is 121 Å². The van der Waals surface area contributed by atoms with Crippen molar-refractivity contribution in [3.05, 3.63) is 45.5 Å². The van der Waals surface area contributed by atoms with Crippen molar-refractivity contribution in [2.75, 3.05) is 0 Å². The Morgan fingerprint density at radius 1 is 1.21 bits per heavy atom. The third kappa shape index (κ3) is 3.08. The summed E-state index contributed by atoms with van der Waals surface area (Å²) in [6.45, 7) is 5.99. The van der Waals surface area contributed by atoms with E-state index in [0.29, 0.717) is 21.8 Å². The molecule has 1 heterocycles. The van der Waals surface area contributed by atoms with Crippen LogP contribution in [0.15, 0.2) is 22.7 Å². The Kier molecular flexibility index (Phi) is 3.85. The number of nitrogens with zero attached hydrogens (tertiary/aromatic N) is 2. The van der Waals surface area contributed by atoms with E-state index in [9.17, 15) is 0 Å². The molecule has 19 heavy (non-hydrogen) atoms. The topological polar surface area (TPSA) is 64.9 Å². The summed E-state index contributed by atoms with van der Waals surface area (Å²) in [6, 6.07) is 4.71. The molecule has 1 unspecified atom stereocenters. The second-order valence-electron chi connectivity index (χ2n) is 5.36. The fourth-order valence-electron chi connectivity index (χ4n) is 1.52. The Morgan fingerprint density at radius 2 is 1.89 bits per heavy atom. The van der Waals surface area contributed by atoms with Crippen LogP contribution >= 0.6 is 23.2 Å². The summed E-state index contributed by atoms with van der Waals surface area (Å²) in [6.07, 6.45) is 0. The summed E-state index contributed by atoms with van der Waals surface area (Å²) in [5.74, 6) is 0.987. The summed E-state index contributed by atoms with van der Waals surface area (Å²) in [5.41, 5.74) is 6.69. The van der Waals surface area contributed by atoms with Gasteiger partial charge in [-0.15, -0.1) is 0 Å². The van der Waals surface area contributed by atoms with Crippen molar-refractivity contribution in [1.29, 1.82) is 0 Å². The van der Waals surface area contributed by atoms with Crippen LogP contribution in [0.1, 0.15) is 44.1 Å². The van der Waals surface area contributed by atoms with Crippen molar-refractivity contribution < 1.29 is 4.52 Å². The molecule has 0 radical (unpaired) electrons. The van der Waals surface area contributed by atoms with Crippen molar-refractivity contribution in [3.8, 4) is 0 Å². The lowest BCUT2D eigenvalue weighted by molar-refractivity contribution is 0.317. The standard InChI is InChI=1S/C13H15Cl2N3O/c1-13(2,3)12-17-11(18-19-12)10(16)7-4-5-8(14)9(15)6-7/h4-6,10H,16H2,1-3H3. The van der Waals surface area contributed by atoms with Gasteiger partial charge in [0.25, 0.3) is 0 Å². The van der Waals surface area contributed by atoms with Gasteiger partial charge in [0.1, 0.15) is 0 Å². The highest BCUT2D eigenvalue weighted by Crippen LogP contribution is 2.28. The van der Waals surface area contributed by atoms with Gasteiger partial charge < -0.3 is 10.3 Å². The zero-order valence-electron chi connectivity index (χ0n) is 10.9. The van der Waals surface area contributed by atoms with Crippen molar-refractivity contribution >= 4 is 23.2 Å². The molecule has 1 aromatic heterocycles. The number of hydrogen-bond acceptors (Lipinski definition) is 4. The molecule has 0 aliphatic rings. The molecule has 2 N–H and O–H groups in total. The molecule has 102 valence electrons. The van der Waals surface area contributed by atoms with Crippen LogP contribution in [0.4, 0.5) is 0 Å². The van der Waals surface area contributed by atoms with Crippen LogP contribution in [-0.4, -0.2) is 10.1 Å². The van der Waals surface area contributed by atoms with E-state index in [1.54, 1.807) is 18.2 Å². The lowest BCUT2D eigenvalue weighted by Gasteiger charge is -2.11. The Hall–Kier alpha value is -1.10. The van der Waals surface area contributed by atoms with Crippen molar-refractivity contribution in [1.82, 2.24) is 10.1 Å². The Morgan fingerprint density at radius 3 is 2.42 bits per heavy atom. The first kappa shape index (κ1) is 14.3. The number of hydrogen-bond donors (Lipinski definition) is 1. The molecule has 0 saturated carbocycles.